The van der Waals surface area contributed by atoms with E-state index >= 15 is 0 Å². The molecule has 0 bridgehead atoms. The molecule has 0 amide bonds. The highest BCUT2D eigenvalue weighted by molar-refractivity contribution is 5.71. The van der Waals surface area contributed by atoms with Crippen molar-refractivity contribution >= 4 is 17.9 Å². The normalized spacial score (nSPS) is 12.9. The molecule has 0 aliphatic rings. The van der Waals surface area contributed by atoms with Crippen LogP contribution in [0.4, 0.5) is 0 Å². The lowest BCUT2D eigenvalue weighted by Gasteiger charge is -2.18. The Morgan fingerprint density at radius 2 is 0.549 bits per heavy atom. The Kier molecular flexibility index (Phi) is 55.4. The number of ether oxygens (including phenoxy) is 3. The van der Waals surface area contributed by atoms with Gasteiger partial charge in [0.25, 0.3) is 0 Å². The molecule has 1 unspecified atom stereocenters. The van der Waals surface area contributed by atoms with Crippen molar-refractivity contribution in [2.75, 3.05) is 13.2 Å². The van der Waals surface area contributed by atoms with Gasteiger partial charge in [0.1, 0.15) is 13.2 Å². The van der Waals surface area contributed by atoms with Crippen molar-refractivity contribution in [3.05, 3.63) is 109 Å². The van der Waals surface area contributed by atoms with Gasteiger partial charge in [0.2, 0.25) is 0 Å². The Bertz CT molecular complexity index is 1460. The minimum Gasteiger partial charge on any atom is -0.462 e. The molecular formula is C65H108O6. The maximum absolute atomic E-state index is 12.9. The van der Waals surface area contributed by atoms with Gasteiger partial charge in [-0.1, -0.05) is 252 Å². The number of hydrogen-bond acceptors (Lipinski definition) is 6. The van der Waals surface area contributed by atoms with Gasteiger partial charge in [-0.05, 0) is 103 Å². The topological polar surface area (TPSA) is 78.9 Å². The summed E-state index contributed by atoms with van der Waals surface area (Å²) in [5.74, 6) is -0.911. The molecule has 0 saturated carbocycles. The van der Waals surface area contributed by atoms with Gasteiger partial charge in [0.15, 0.2) is 6.10 Å². The summed E-state index contributed by atoms with van der Waals surface area (Å²) in [6.45, 7) is 6.39. The molecular weight excluding hydrogens is 877 g/mol. The highest BCUT2D eigenvalue weighted by Gasteiger charge is 2.19. The molecule has 6 heteroatoms. The highest BCUT2D eigenvalue weighted by atomic mass is 16.6. The third-order valence-electron chi connectivity index (χ3n) is 12.3. The van der Waals surface area contributed by atoms with Crippen LogP contribution >= 0.6 is 0 Å². The number of esters is 3. The Balaban J connectivity index is 4.38. The Morgan fingerprint density at radius 1 is 0.296 bits per heavy atom. The minimum atomic E-state index is -0.791. The van der Waals surface area contributed by atoms with Crippen molar-refractivity contribution in [1.82, 2.24) is 0 Å². The number of rotatable bonds is 52. The Morgan fingerprint density at radius 3 is 0.859 bits per heavy atom. The van der Waals surface area contributed by atoms with Crippen molar-refractivity contribution in [2.24, 2.45) is 0 Å². The van der Waals surface area contributed by atoms with Crippen LogP contribution in [0.5, 0.6) is 0 Å². The number of allylic oxidation sites excluding steroid dienone is 18. The zero-order valence-electron chi connectivity index (χ0n) is 46.2. The number of carbonyl (C=O) groups excluding carboxylic acids is 3. The van der Waals surface area contributed by atoms with Crippen molar-refractivity contribution in [3.8, 4) is 0 Å². The van der Waals surface area contributed by atoms with Gasteiger partial charge in [-0.15, -0.1) is 0 Å². The summed E-state index contributed by atoms with van der Waals surface area (Å²) in [4.78, 5) is 38.2. The first-order chi connectivity index (χ1) is 35.0. The SMILES string of the molecule is CC/C=C\C/C=C\C/C=C\C/C=C\C/C=C\CCCCCCCCCC(=O)OCC(COC(=O)CCCCCCCCCCCCC)OC(=O)CCCCCCCC/C=C\C/C=C\C/C=C\C/C=C\CC. The van der Waals surface area contributed by atoms with Crippen LogP contribution < -0.4 is 0 Å². The molecule has 0 spiro atoms. The van der Waals surface area contributed by atoms with E-state index < -0.39 is 6.10 Å². The van der Waals surface area contributed by atoms with Crippen LogP contribution in [0, 0.1) is 0 Å². The number of carbonyl (C=O) groups is 3. The Labute approximate surface area is 438 Å². The molecule has 6 nitrogen and oxygen atoms in total. The first-order valence-electron chi connectivity index (χ1n) is 29.4. The van der Waals surface area contributed by atoms with Gasteiger partial charge in [-0.25, -0.2) is 0 Å². The van der Waals surface area contributed by atoms with Gasteiger partial charge < -0.3 is 14.2 Å². The predicted molar refractivity (Wildman–Crippen MR) is 307 cm³/mol. The summed E-state index contributed by atoms with van der Waals surface area (Å²) in [5.41, 5.74) is 0. The summed E-state index contributed by atoms with van der Waals surface area (Å²) in [5, 5.41) is 0. The molecule has 0 aromatic rings. The molecule has 0 saturated heterocycles. The summed E-state index contributed by atoms with van der Waals surface area (Å²) in [6.07, 6.45) is 79.3. The standard InChI is InChI=1S/C65H108O6/c1-4-7-10-13-16-19-22-24-26-28-30-31-32-33-35-36-38-40-43-46-49-52-55-58-64(67)70-61-62(60-69-63(66)57-54-51-48-45-42-21-18-15-12-9-6-3)71-65(68)59-56-53-50-47-44-41-39-37-34-29-27-25-23-20-17-14-11-8-5-2/h7-8,10-11,16-17,19-20,24-27,30-31,33-35,37,62H,4-6,9,12-15,18,21-23,28-29,32,36,38-61H2,1-3H3/b10-7-,11-8-,19-16-,20-17-,26-24-,27-25-,31-30-,35-33-,37-34-. The molecule has 0 aromatic heterocycles. The van der Waals surface area contributed by atoms with Gasteiger partial charge in [-0.3, -0.25) is 14.4 Å². The first kappa shape index (κ1) is 67.1. The van der Waals surface area contributed by atoms with E-state index in [1.807, 2.05) is 0 Å². The molecule has 0 rings (SSSR count). The highest BCUT2D eigenvalue weighted by Crippen LogP contribution is 2.15. The number of hydrogen-bond donors (Lipinski definition) is 0. The van der Waals surface area contributed by atoms with Crippen molar-refractivity contribution in [3.63, 3.8) is 0 Å². The predicted octanol–water partition coefficient (Wildman–Crippen LogP) is 19.9. The van der Waals surface area contributed by atoms with E-state index in [0.717, 1.165) is 135 Å². The van der Waals surface area contributed by atoms with Crippen LogP contribution in [0.1, 0.15) is 265 Å². The van der Waals surface area contributed by atoms with Crippen LogP contribution in [-0.2, 0) is 28.6 Å². The van der Waals surface area contributed by atoms with Crippen LogP contribution in [0.2, 0.25) is 0 Å². The van der Waals surface area contributed by atoms with Crippen LogP contribution in [-0.4, -0.2) is 37.2 Å². The molecule has 0 heterocycles. The molecule has 71 heavy (non-hydrogen) atoms. The van der Waals surface area contributed by atoms with Crippen molar-refractivity contribution in [1.29, 1.82) is 0 Å². The van der Waals surface area contributed by atoms with Gasteiger partial charge >= 0.3 is 17.9 Å². The monoisotopic (exact) mass is 985 g/mol. The van der Waals surface area contributed by atoms with Crippen LogP contribution in [0.15, 0.2) is 109 Å². The molecule has 0 aliphatic heterocycles. The summed E-state index contributed by atoms with van der Waals surface area (Å²) < 4.78 is 16.9. The maximum atomic E-state index is 12.9. The lowest BCUT2D eigenvalue weighted by Crippen LogP contribution is -2.30. The first-order valence-corrected chi connectivity index (χ1v) is 29.4. The van der Waals surface area contributed by atoms with E-state index in [4.69, 9.17) is 14.2 Å². The van der Waals surface area contributed by atoms with E-state index in [2.05, 4.69) is 130 Å². The summed E-state index contributed by atoms with van der Waals surface area (Å²) >= 11 is 0. The largest absolute Gasteiger partial charge is 0.462 e. The molecule has 404 valence electrons. The van der Waals surface area contributed by atoms with Gasteiger partial charge in [0.05, 0.1) is 0 Å². The summed E-state index contributed by atoms with van der Waals surface area (Å²) in [6, 6.07) is 0. The second-order valence-corrected chi connectivity index (χ2v) is 19.1. The van der Waals surface area contributed by atoms with E-state index in [0.29, 0.717) is 19.3 Å². The Hall–Kier alpha value is -3.93. The molecule has 1 atom stereocenters. The van der Waals surface area contributed by atoms with E-state index in [-0.39, 0.29) is 31.1 Å². The zero-order chi connectivity index (χ0) is 51.4. The van der Waals surface area contributed by atoms with Crippen molar-refractivity contribution in [2.45, 2.75) is 271 Å². The molecule has 0 aromatic carbocycles. The fourth-order valence-electron chi connectivity index (χ4n) is 7.93. The van der Waals surface area contributed by atoms with Gasteiger partial charge in [-0.2, -0.15) is 0 Å². The summed E-state index contributed by atoms with van der Waals surface area (Å²) in [7, 11) is 0. The average molecular weight is 986 g/mol. The van der Waals surface area contributed by atoms with Gasteiger partial charge in [0, 0.05) is 19.3 Å². The fourth-order valence-corrected chi connectivity index (χ4v) is 7.93. The molecule has 0 fully saturated rings. The third-order valence-corrected chi connectivity index (χ3v) is 12.3. The van der Waals surface area contributed by atoms with E-state index in [1.165, 1.54) is 89.9 Å². The van der Waals surface area contributed by atoms with E-state index in [9.17, 15) is 14.4 Å². The third kappa shape index (κ3) is 56.9. The number of unbranched alkanes of at least 4 members (excludes halogenated alkanes) is 23. The maximum Gasteiger partial charge on any atom is 0.306 e. The molecule has 0 radical (unpaired) electrons. The average Bonchev–Trinajstić information content (AvgIpc) is 3.37. The molecule has 0 aliphatic carbocycles. The zero-order valence-corrected chi connectivity index (χ0v) is 46.2. The fraction of sp³-hybridized carbons (Fsp3) is 0.677. The van der Waals surface area contributed by atoms with Crippen LogP contribution in [0.25, 0.3) is 0 Å². The van der Waals surface area contributed by atoms with E-state index in [1.54, 1.807) is 0 Å². The quantitative estimate of drug-likeness (QED) is 0.0261. The lowest BCUT2D eigenvalue weighted by molar-refractivity contribution is -0.167. The van der Waals surface area contributed by atoms with Crippen LogP contribution in [0.3, 0.4) is 0 Å². The second kappa shape index (κ2) is 58.6. The minimum absolute atomic E-state index is 0.0871. The van der Waals surface area contributed by atoms with Crippen molar-refractivity contribution < 1.29 is 28.6 Å². The second-order valence-electron chi connectivity index (χ2n) is 19.1. The lowest BCUT2D eigenvalue weighted by atomic mass is 10.1. The smallest absolute Gasteiger partial charge is 0.306 e. The molecule has 0 N–H and O–H groups in total.